The Morgan fingerprint density at radius 2 is 2.05 bits per heavy atom. The van der Waals surface area contributed by atoms with Crippen LogP contribution in [0.1, 0.15) is 55.6 Å². The fraction of sp³-hybridized carbons (Fsp3) is 0.471. The van der Waals surface area contributed by atoms with E-state index in [0.29, 0.717) is 6.61 Å². The quantitative estimate of drug-likeness (QED) is 0.913. The van der Waals surface area contributed by atoms with Crippen LogP contribution >= 0.6 is 11.3 Å². The number of benzene rings is 1. The second-order valence-electron chi connectivity index (χ2n) is 6.50. The molecule has 0 aliphatic rings. The number of nitrogens with zero attached hydrogens (tertiary/aromatic N) is 1. The summed E-state index contributed by atoms with van der Waals surface area (Å²) in [7, 11) is 0. The molecule has 3 nitrogen and oxygen atoms in total. The van der Waals surface area contributed by atoms with Gasteiger partial charge < -0.3 is 10.5 Å². The third kappa shape index (κ3) is 4.05. The number of hydrogen-bond donors (Lipinski definition) is 1. The van der Waals surface area contributed by atoms with Gasteiger partial charge in [-0.2, -0.15) is 0 Å². The highest BCUT2D eigenvalue weighted by molar-refractivity contribution is 7.09. The zero-order valence-electron chi connectivity index (χ0n) is 13.4. The lowest BCUT2D eigenvalue weighted by atomic mass is 9.93. The first-order valence-electron chi connectivity index (χ1n) is 7.21. The van der Waals surface area contributed by atoms with E-state index in [1.165, 1.54) is 5.56 Å². The van der Waals surface area contributed by atoms with Gasteiger partial charge in [-0.15, -0.1) is 11.3 Å². The second-order valence-corrected chi connectivity index (χ2v) is 7.44. The van der Waals surface area contributed by atoms with Crippen LogP contribution in [0.3, 0.4) is 0 Å². The number of hydrogen-bond acceptors (Lipinski definition) is 4. The topological polar surface area (TPSA) is 48.1 Å². The molecule has 0 amide bonds. The molecular weight excluding hydrogens is 280 g/mol. The van der Waals surface area contributed by atoms with Gasteiger partial charge in [-0.05, 0) is 25.5 Å². The molecule has 4 heteroatoms. The fourth-order valence-electron chi connectivity index (χ4n) is 2.00. The van der Waals surface area contributed by atoms with E-state index < -0.39 is 0 Å². The fourth-order valence-corrected chi connectivity index (χ4v) is 2.94. The molecule has 21 heavy (non-hydrogen) atoms. The van der Waals surface area contributed by atoms with Crippen LogP contribution in [0.4, 0.5) is 0 Å². The Balaban J connectivity index is 2.13. The summed E-state index contributed by atoms with van der Waals surface area (Å²) in [5.41, 5.74) is 9.40. The van der Waals surface area contributed by atoms with Crippen LogP contribution in [-0.4, -0.2) is 4.98 Å². The highest BCUT2D eigenvalue weighted by Gasteiger charge is 2.17. The van der Waals surface area contributed by atoms with Gasteiger partial charge in [0, 0.05) is 22.4 Å². The van der Waals surface area contributed by atoms with E-state index in [-0.39, 0.29) is 11.5 Å². The summed E-state index contributed by atoms with van der Waals surface area (Å²) in [6, 6.07) is 6.10. The van der Waals surface area contributed by atoms with Crippen molar-refractivity contribution in [3.63, 3.8) is 0 Å². The van der Waals surface area contributed by atoms with E-state index in [4.69, 9.17) is 10.5 Å². The summed E-state index contributed by atoms with van der Waals surface area (Å²) in [5, 5.41) is 3.11. The van der Waals surface area contributed by atoms with Gasteiger partial charge >= 0.3 is 0 Å². The van der Waals surface area contributed by atoms with Crippen molar-refractivity contribution in [3.05, 3.63) is 45.4 Å². The Kier molecular flexibility index (Phi) is 4.69. The Hall–Kier alpha value is -1.39. The Morgan fingerprint density at radius 1 is 1.33 bits per heavy atom. The SMILES string of the molecule is Cc1ccc(C(C)N)c(OCc2nc(C(C)(C)C)cs2)c1. The lowest BCUT2D eigenvalue weighted by molar-refractivity contribution is 0.300. The standard InChI is InChI=1S/C17H24N2OS/c1-11-6-7-13(12(2)18)14(8-11)20-9-16-19-15(10-21-16)17(3,4)5/h6-8,10,12H,9,18H2,1-5H3. The lowest BCUT2D eigenvalue weighted by Gasteiger charge is -2.15. The zero-order chi connectivity index (χ0) is 15.6. The van der Waals surface area contributed by atoms with Crippen molar-refractivity contribution in [2.75, 3.05) is 0 Å². The maximum atomic E-state index is 6.00. The van der Waals surface area contributed by atoms with Crippen molar-refractivity contribution in [1.82, 2.24) is 4.98 Å². The highest BCUT2D eigenvalue weighted by Crippen LogP contribution is 2.28. The van der Waals surface area contributed by atoms with Crippen LogP contribution in [0.5, 0.6) is 5.75 Å². The van der Waals surface area contributed by atoms with Crippen molar-refractivity contribution in [2.24, 2.45) is 5.73 Å². The average molecular weight is 304 g/mol. The summed E-state index contributed by atoms with van der Waals surface area (Å²) in [5.74, 6) is 0.859. The molecule has 2 N–H and O–H groups in total. The summed E-state index contributed by atoms with van der Waals surface area (Å²) in [6.07, 6.45) is 0. The van der Waals surface area contributed by atoms with Crippen molar-refractivity contribution in [3.8, 4) is 5.75 Å². The van der Waals surface area contributed by atoms with Gasteiger partial charge in [-0.1, -0.05) is 32.9 Å². The summed E-state index contributed by atoms with van der Waals surface area (Å²) in [6.45, 7) is 11.0. The number of aryl methyl sites for hydroxylation is 1. The monoisotopic (exact) mass is 304 g/mol. The minimum atomic E-state index is -0.0398. The van der Waals surface area contributed by atoms with Crippen LogP contribution in [0, 0.1) is 6.92 Å². The smallest absolute Gasteiger partial charge is 0.140 e. The van der Waals surface area contributed by atoms with Gasteiger partial charge in [0.25, 0.3) is 0 Å². The maximum absolute atomic E-state index is 6.00. The summed E-state index contributed by atoms with van der Waals surface area (Å²) < 4.78 is 5.96. The normalized spacial score (nSPS) is 13.2. The number of aromatic nitrogens is 1. The molecule has 0 aliphatic heterocycles. The molecule has 0 bridgehead atoms. The van der Waals surface area contributed by atoms with Gasteiger partial charge in [-0.3, -0.25) is 0 Å². The summed E-state index contributed by atoms with van der Waals surface area (Å²) in [4.78, 5) is 4.66. The number of thiazole rings is 1. The molecule has 114 valence electrons. The molecule has 0 spiro atoms. The van der Waals surface area contributed by atoms with Gasteiger partial charge in [0.2, 0.25) is 0 Å². The highest BCUT2D eigenvalue weighted by atomic mass is 32.1. The molecular formula is C17H24N2OS. The average Bonchev–Trinajstić information content (AvgIpc) is 2.84. The number of nitrogens with two attached hydrogens (primary N) is 1. The van der Waals surface area contributed by atoms with Crippen LogP contribution in [0.2, 0.25) is 0 Å². The minimum Gasteiger partial charge on any atom is -0.486 e. The van der Waals surface area contributed by atoms with Crippen LogP contribution < -0.4 is 10.5 Å². The molecule has 1 aromatic carbocycles. The van der Waals surface area contributed by atoms with Gasteiger partial charge in [0.1, 0.15) is 17.4 Å². The molecule has 1 atom stereocenters. The van der Waals surface area contributed by atoms with Crippen molar-refractivity contribution in [1.29, 1.82) is 0 Å². The largest absolute Gasteiger partial charge is 0.486 e. The third-order valence-corrected chi connectivity index (χ3v) is 4.15. The second kappa shape index (κ2) is 6.16. The molecule has 0 saturated carbocycles. The zero-order valence-corrected chi connectivity index (χ0v) is 14.3. The van der Waals surface area contributed by atoms with Gasteiger partial charge in [0.05, 0.1) is 5.69 Å². The minimum absolute atomic E-state index is 0.0398. The van der Waals surface area contributed by atoms with E-state index in [9.17, 15) is 0 Å². The Labute approximate surface area is 131 Å². The lowest BCUT2D eigenvalue weighted by Crippen LogP contribution is -2.12. The maximum Gasteiger partial charge on any atom is 0.140 e. The third-order valence-electron chi connectivity index (χ3n) is 3.33. The molecule has 1 aromatic heterocycles. The van der Waals surface area contributed by atoms with E-state index >= 15 is 0 Å². The van der Waals surface area contributed by atoms with Crippen molar-refractivity contribution < 1.29 is 4.74 Å². The molecule has 0 saturated heterocycles. The first-order valence-corrected chi connectivity index (χ1v) is 8.09. The molecule has 2 rings (SSSR count). The van der Waals surface area contributed by atoms with Crippen molar-refractivity contribution in [2.45, 2.75) is 52.7 Å². The number of rotatable bonds is 4. The molecule has 0 fully saturated rings. The predicted molar refractivity (Wildman–Crippen MR) is 88.9 cm³/mol. The van der Waals surface area contributed by atoms with Crippen LogP contribution in [-0.2, 0) is 12.0 Å². The summed E-state index contributed by atoms with van der Waals surface area (Å²) >= 11 is 1.65. The predicted octanol–water partition coefficient (Wildman–Crippen LogP) is 4.35. The van der Waals surface area contributed by atoms with E-state index in [0.717, 1.165) is 22.0 Å². The first-order chi connectivity index (χ1) is 9.77. The van der Waals surface area contributed by atoms with Gasteiger partial charge in [0.15, 0.2) is 0 Å². The molecule has 0 radical (unpaired) electrons. The van der Waals surface area contributed by atoms with Crippen molar-refractivity contribution >= 4 is 11.3 Å². The molecule has 1 unspecified atom stereocenters. The van der Waals surface area contributed by atoms with E-state index in [1.807, 2.05) is 19.1 Å². The van der Waals surface area contributed by atoms with E-state index in [2.05, 4.69) is 44.1 Å². The van der Waals surface area contributed by atoms with Gasteiger partial charge in [-0.25, -0.2) is 4.98 Å². The van der Waals surface area contributed by atoms with Crippen LogP contribution in [0.15, 0.2) is 23.6 Å². The van der Waals surface area contributed by atoms with Crippen LogP contribution in [0.25, 0.3) is 0 Å². The number of ether oxygens (including phenoxy) is 1. The molecule has 1 heterocycles. The Morgan fingerprint density at radius 3 is 2.62 bits per heavy atom. The Bertz CT molecular complexity index is 611. The van der Waals surface area contributed by atoms with E-state index in [1.54, 1.807) is 11.3 Å². The molecule has 2 aromatic rings. The first kappa shape index (κ1) is 16.0. The molecule has 0 aliphatic carbocycles.